The summed E-state index contributed by atoms with van der Waals surface area (Å²) >= 11 is 0. The normalized spacial score (nSPS) is 14.0. The number of benzene rings is 1. The smallest absolute Gasteiger partial charge is 0.297 e. The van der Waals surface area contributed by atoms with Gasteiger partial charge in [-0.3, -0.25) is 18.5 Å². The van der Waals surface area contributed by atoms with Crippen LogP contribution >= 0.6 is 0 Å². The van der Waals surface area contributed by atoms with Crippen molar-refractivity contribution in [2.75, 3.05) is 5.43 Å². The van der Waals surface area contributed by atoms with Gasteiger partial charge in [-0.1, -0.05) is 50.6 Å². The molecule has 1 aliphatic heterocycles. The number of imidazole rings is 1. The van der Waals surface area contributed by atoms with E-state index in [1.165, 1.54) is 9.13 Å². The van der Waals surface area contributed by atoms with E-state index in [1.54, 1.807) is 7.05 Å². The molecular weight excluding hydrogens is 356 g/mol. The predicted molar refractivity (Wildman–Crippen MR) is 110 cm³/mol. The lowest BCUT2D eigenvalue weighted by atomic mass is 9.90. The van der Waals surface area contributed by atoms with Crippen LogP contribution in [0.2, 0.25) is 0 Å². The Morgan fingerprint density at radius 2 is 1.96 bits per heavy atom. The molecular formula is C20H24N6O2. The van der Waals surface area contributed by atoms with Crippen LogP contribution < -0.4 is 16.7 Å². The van der Waals surface area contributed by atoms with E-state index in [9.17, 15) is 9.59 Å². The highest BCUT2D eigenvalue weighted by molar-refractivity contribution is 5.92. The van der Waals surface area contributed by atoms with Crippen molar-refractivity contribution in [1.82, 2.24) is 18.7 Å². The van der Waals surface area contributed by atoms with Gasteiger partial charge in [0.15, 0.2) is 11.2 Å². The number of hydrogen-bond donors (Lipinski definition) is 1. The molecule has 0 bridgehead atoms. The zero-order valence-electron chi connectivity index (χ0n) is 16.8. The lowest BCUT2D eigenvalue weighted by Gasteiger charge is -2.25. The Morgan fingerprint density at radius 3 is 2.64 bits per heavy atom. The maximum Gasteiger partial charge on any atom is 0.332 e. The number of nitrogens with zero attached hydrogens (tertiary/aromatic N) is 5. The van der Waals surface area contributed by atoms with E-state index >= 15 is 0 Å². The third kappa shape index (κ3) is 2.85. The summed E-state index contributed by atoms with van der Waals surface area (Å²) in [5.41, 5.74) is 5.75. The molecule has 1 N–H and O–H groups in total. The lowest BCUT2D eigenvalue weighted by Crippen LogP contribution is -2.40. The number of fused-ring (bicyclic) bond motifs is 3. The number of nitrogens with one attached hydrogen (secondary N) is 1. The van der Waals surface area contributed by atoms with E-state index in [2.05, 4.69) is 36.3 Å². The lowest BCUT2D eigenvalue weighted by molar-refractivity contribution is 0.562. The number of aromatic nitrogens is 4. The SMILES string of the molecule is Cc1cccc(Cn2c(=O)c3c(nc4n3CC(C(C)(C)C)=NN4)n(C)c2=O)c1. The molecule has 2 aromatic heterocycles. The maximum absolute atomic E-state index is 13.3. The number of aryl methyl sites for hydroxylation is 2. The second-order valence-electron chi connectivity index (χ2n) is 8.34. The molecule has 0 aliphatic carbocycles. The van der Waals surface area contributed by atoms with Crippen LogP contribution in [0.25, 0.3) is 11.2 Å². The summed E-state index contributed by atoms with van der Waals surface area (Å²) in [6.45, 7) is 8.88. The summed E-state index contributed by atoms with van der Waals surface area (Å²) in [4.78, 5) is 30.6. The van der Waals surface area contributed by atoms with Crippen molar-refractivity contribution in [1.29, 1.82) is 0 Å². The van der Waals surface area contributed by atoms with Crippen LogP contribution in [-0.4, -0.2) is 24.4 Å². The van der Waals surface area contributed by atoms with Gasteiger partial charge < -0.3 is 0 Å². The molecule has 3 heterocycles. The highest BCUT2D eigenvalue weighted by Crippen LogP contribution is 2.25. The molecule has 0 radical (unpaired) electrons. The Bertz CT molecular complexity index is 1240. The van der Waals surface area contributed by atoms with Gasteiger partial charge in [0, 0.05) is 12.5 Å². The van der Waals surface area contributed by atoms with Crippen LogP contribution in [0.5, 0.6) is 0 Å². The van der Waals surface area contributed by atoms with Gasteiger partial charge in [-0.15, -0.1) is 0 Å². The van der Waals surface area contributed by atoms with Crippen LogP contribution in [-0.2, 0) is 20.1 Å². The molecule has 4 rings (SSSR count). The average Bonchev–Trinajstić information content (AvgIpc) is 3.02. The minimum Gasteiger partial charge on any atom is -0.297 e. The number of rotatable bonds is 2. The minimum atomic E-state index is -0.383. The van der Waals surface area contributed by atoms with Crippen molar-refractivity contribution in [3.05, 3.63) is 56.2 Å². The van der Waals surface area contributed by atoms with Crippen LogP contribution in [0.3, 0.4) is 0 Å². The van der Waals surface area contributed by atoms with Crippen molar-refractivity contribution < 1.29 is 0 Å². The Labute approximate surface area is 162 Å². The second kappa shape index (κ2) is 6.19. The standard InChI is InChI=1S/C20H24N6O2/c1-12-7-6-8-13(9-12)10-26-17(27)15-16(24(5)19(26)28)21-18-23-22-14(11-25(15)18)20(2,3)4/h6-9H,10-11H2,1-5H3,(H,21,23). The molecule has 0 spiro atoms. The largest absolute Gasteiger partial charge is 0.332 e. The Balaban J connectivity index is 1.91. The summed E-state index contributed by atoms with van der Waals surface area (Å²) in [6, 6.07) is 7.81. The predicted octanol–water partition coefficient (Wildman–Crippen LogP) is 2.08. The third-order valence-corrected chi connectivity index (χ3v) is 5.12. The second-order valence-corrected chi connectivity index (χ2v) is 8.34. The van der Waals surface area contributed by atoms with Gasteiger partial charge in [-0.2, -0.15) is 10.1 Å². The fourth-order valence-electron chi connectivity index (χ4n) is 3.45. The van der Waals surface area contributed by atoms with Crippen molar-refractivity contribution in [2.45, 2.75) is 40.8 Å². The van der Waals surface area contributed by atoms with E-state index in [1.807, 2.05) is 35.8 Å². The van der Waals surface area contributed by atoms with Gasteiger partial charge >= 0.3 is 5.69 Å². The molecule has 3 aromatic rings. The van der Waals surface area contributed by atoms with Gasteiger partial charge in [-0.05, 0) is 12.5 Å². The van der Waals surface area contributed by atoms with Gasteiger partial charge in [0.1, 0.15) is 0 Å². The summed E-state index contributed by atoms with van der Waals surface area (Å²) in [5, 5.41) is 4.41. The molecule has 0 atom stereocenters. The Morgan fingerprint density at radius 1 is 1.21 bits per heavy atom. The number of anilines is 1. The molecule has 0 saturated carbocycles. The Hall–Kier alpha value is -3.16. The quantitative estimate of drug-likeness (QED) is 0.737. The van der Waals surface area contributed by atoms with Gasteiger partial charge in [0.05, 0.1) is 18.8 Å². The first-order valence-electron chi connectivity index (χ1n) is 9.25. The van der Waals surface area contributed by atoms with E-state index < -0.39 is 0 Å². The van der Waals surface area contributed by atoms with Crippen molar-refractivity contribution in [2.24, 2.45) is 17.6 Å². The minimum absolute atomic E-state index is 0.150. The number of hydrazone groups is 1. The highest BCUT2D eigenvalue weighted by Gasteiger charge is 2.28. The molecule has 1 aromatic carbocycles. The zero-order valence-corrected chi connectivity index (χ0v) is 16.8. The number of hydrogen-bond acceptors (Lipinski definition) is 5. The molecule has 8 nitrogen and oxygen atoms in total. The molecule has 1 aliphatic rings. The molecule has 0 fully saturated rings. The molecule has 0 saturated heterocycles. The fourth-order valence-corrected chi connectivity index (χ4v) is 3.45. The van der Waals surface area contributed by atoms with Crippen LogP contribution in [0.15, 0.2) is 39.0 Å². The molecule has 28 heavy (non-hydrogen) atoms. The molecule has 8 heteroatoms. The molecule has 0 amide bonds. The summed E-state index contributed by atoms with van der Waals surface area (Å²) < 4.78 is 4.52. The van der Waals surface area contributed by atoms with Crippen LogP contribution in [0, 0.1) is 12.3 Å². The van der Waals surface area contributed by atoms with E-state index in [-0.39, 0.29) is 23.2 Å². The summed E-state index contributed by atoms with van der Waals surface area (Å²) in [5.74, 6) is 0.475. The average molecular weight is 380 g/mol. The monoisotopic (exact) mass is 380 g/mol. The first-order chi connectivity index (χ1) is 13.2. The highest BCUT2D eigenvalue weighted by atomic mass is 16.2. The van der Waals surface area contributed by atoms with E-state index in [0.717, 1.165) is 16.8 Å². The third-order valence-electron chi connectivity index (χ3n) is 5.12. The first kappa shape index (κ1) is 18.2. The maximum atomic E-state index is 13.3. The van der Waals surface area contributed by atoms with Gasteiger partial charge in [0.25, 0.3) is 5.56 Å². The van der Waals surface area contributed by atoms with E-state index in [0.29, 0.717) is 23.7 Å². The van der Waals surface area contributed by atoms with E-state index in [4.69, 9.17) is 0 Å². The van der Waals surface area contributed by atoms with Crippen LogP contribution in [0.1, 0.15) is 31.9 Å². The van der Waals surface area contributed by atoms with Crippen molar-refractivity contribution in [3.63, 3.8) is 0 Å². The Kier molecular flexibility index (Phi) is 4.02. The topological polar surface area (TPSA) is 86.2 Å². The zero-order chi connectivity index (χ0) is 20.2. The summed E-state index contributed by atoms with van der Waals surface area (Å²) in [6.07, 6.45) is 0. The van der Waals surface area contributed by atoms with Crippen molar-refractivity contribution >= 4 is 22.8 Å². The molecule has 146 valence electrons. The summed E-state index contributed by atoms with van der Waals surface area (Å²) in [7, 11) is 1.64. The van der Waals surface area contributed by atoms with Crippen LogP contribution in [0.4, 0.5) is 5.95 Å². The van der Waals surface area contributed by atoms with Crippen molar-refractivity contribution in [3.8, 4) is 0 Å². The molecule has 0 unspecified atom stereocenters. The van der Waals surface area contributed by atoms with Gasteiger partial charge in [-0.25, -0.2) is 10.2 Å². The fraction of sp³-hybridized carbons (Fsp3) is 0.400. The first-order valence-corrected chi connectivity index (χ1v) is 9.25. The van der Waals surface area contributed by atoms with Gasteiger partial charge in [0.2, 0.25) is 5.95 Å².